The number of rotatable bonds is 4. The minimum atomic E-state index is -4.25. The zero-order chi connectivity index (χ0) is 21.3. The summed E-state index contributed by atoms with van der Waals surface area (Å²) in [6.07, 6.45) is 0. The summed E-state index contributed by atoms with van der Waals surface area (Å²) in [7, 11) is -4.25. The normalized spacial score (nSPS) is 16.7. The smallest absolute Gasteiger partial charge is 0.265 e. The highest BCUT2D eigenvalue weighted by atomic mass is 32.2. The van der Waals surface area contributed by atoms with E-state index >= 15 is 0 Å². The molecule has 0 radical (unpaired) electrons. The molecule has 0 atom stereocenters. The van der Waals surface area contributed by atoms with Crippen molar-refractivity contribution in [3.05, 3.63) is 107 Å². The second kappa shape index (κ2) is 7.61. The number of carbonyl (C=O) groups excluding carboxylic acids is 2. The minimum absolute atomic E-state index is 0.0432. The first-order valence-corrected chi connectivity index (χ1v) is 10.6. The Bertz CT molecular complexity index is 1270. The van der Waals surface area contributed by atoms with Gasteiger partial charge < -0.3 is 5.11 Å². The van der Waals surface area contributed by atoms with Crippen LogP contribution in [0.4, 0.5) is 0 Å². The van der Waals surface area contributed by atoms with Crippen molar-refractivity contribution >= 4 is 27.3 Å². The SMILES string of the molecule is O=C(CN1/C(=C(\O)c2ccccc2)C(=O)c2ccccc2S1(=O)=O)c1ccccc1. The van der Waals surface area contributed by atoms with Gasteiger partial charge in [-0.3, -0.25) is 13.9 Å². The molecule has 3 aromatic carbocycles. The Morgan fingerprint density at radius 2 is 1.33 bits per heavy atom. The van der Waals surface area contributed by atoms with E-state index in [9.17, 15) is 23.1 Å². The molecule has 1 heterocycles. The molecule has 150 valence electrons. The summed E-state index contributed by atoms with van der Waals surface area (Å²) in [5.74, 6) is -1.66. The standard InChI is InChI=1S/C23H17NO5S/c25-19(16-9-3-1-4-10-16)15-24-21(22(26)17-11-5-2-6-12-17)23(27)18-13-7-8-14-20(18)30(24,28)29/h1-14,26H,15H2/b22-21-. The highest BCUT2D eigenvalue weighted by Gasteiger charge is 2.42. The first-order valence-electron chi connectivity index (χ1n) is 9.14. The van der Waals surface area contributed by atoms with E-state index in [1.807, 2.05) is 0 Å². The summed E-state index contributed by atoms with van der Waals surface area (Å²) >= 11 is 0. The Hall–Kier alpha value is -3.71. The van der Waals surface area contributed by atoms with E-state index in [4.69, 9.17) is 0 Å². The first kappa shape index (κ1) is 19.6. The lowest BCUT2D eigenvalue weighted by molar-refractivity contribution is 0.0952. The van der Waals surface area contributed by atoms with Crippen molar-refractivity contribution in [2.45, 2.75) is 4.90 Å². The fraction of sp³-hybridized carbons (Fsp3) is 0.0435. The van der Waals surface area contributed by atoms with Crippen LogP contribution in [0.15, 0.2) is 95.5 Å². The number of aliphatic hydroxyl groups is 1. The summed E-state index contributed by atoms with van der Waals surface area (Å²) in [6, 6.07) is 22.1. The number of nitrogens with zero attached hydrogens (tertiary/aromatic N) is 1. The summed E-state index contributed by atoms with van der Waals surface area (Å²) in [4.78, 5) is 25.8. The lowest BCUT2D eigenvalue weighted by atomic mass is 10.0. The Morgan fingerprint density at radius 1 is 0.800 bits per heavy atom. The van der Waals surface area contributed by atoms with Crippen molar-refractivity contribution in [1.29, 1.82) is 0 Å². The molecular formula is C23H17NO5S. The van der Waals surface area contributed by atoms with E-state index in [-0.39, 0.29) is 16.0 Å². The molecule has 0 unspecified atom stereocenters. The number of hydrogen-bond donors (Lipinski definition) is 1. The van der Waals surface area contributed by atoms with Gasteiger partial charge in [0.1, 0.15) is 5.70 Å². The zero-order valence-corrected chi connectivity index (χ0v) is 16.5. The maximum Gasteiger partial charge on any atom is 0.265 e. The molecule has 1 aliphatic rings. The molecule has 0 bridgehead atoms. The van der Waals surface area contributed by atoms with Gasteiger partial charge in [-0.25, -0.2) is 8.42 Å². The van der Waals surface area contributed by atoms with Gasteiger partial charge in [-0.2, -0.15) is 0 Å². The monoisotopic (exact) mass is 419 g/mol. The van der Waals surface area contributed by atoms with Gasteiger partial charge in [-0.05, 0) is 12.1 Å². The van der Waals surface area contributed by atoms with Crippen LogP contribution in [0.5, 0.6) is 0 Å². The van der Waals surface area contributed by atoms with Crippen molar-refractivity contribution in [3.8, 4) is 0 Å². The molecule has 0 aromatic heterocycles. The molecular weight excluding hydrogens is 402 g/mol. The second-order valence-electron chi connectivity index (χ2n) is 6.69. The predicted molar refractivity (Wildman–Crippen MR) is 111 cm³/mol. The van der Waals surface area contributed by atoms with Crippen LogP contribution in [0.25, 0.3) is 5.76 Å². The van der Waals surface area contributed by atoms with Gasteiger partial charge >= 0.3 is 0 Å². The van der Waals surface area contributed by atoms with E-state index in [2.05, 4.69) is 0 Å². The van der Waals surface area contributed by atoms with E-state index in [0.717, 1.165) is 0 Å². The van der Waals surface area contributed by atoms with E-state index in [0.29, 0.717) is 9.87 Å². The van der Waals surface area contributed by atoms with E-state index < -0.39 is 39.6 Å². The van der Waals surface area contributed by atoms with E-state index in [1.54, 1.807) is 66.7 Å². The quantitative estimate of drug-likeness (QED) is 0.396. The maximum atomic E-state index is 13.3. The van der Waals surface area contributed by atoms with Gasteiger partial charge in [0.25, 0.3) is 10.0 Å². The predicted octanol–water partition coefficient (Wildman–Crippen LogP) is 3.68. The van der Waals surface area contributed by atoms with Crippen LogP contribution in [0.3, 0.4) is 0 Å². The van der Waals surface area contributed by atoms with Gasteiger partial charge in [0.05, 0.1) is 11.4 Å². The fourth-order valence-electron chi connectivity index (χ4n) is 3.33. The lowest BCUT2D eigenvalue weighted by Crippen LogP contribution is -2.42. The van der Waals surface area contributed by atoms with Gasteiger partial charge in [0, 0.05) is 16.7 Å². The second-order valence-corrected chi connectivity index (χ2v) is 8.52. The van der Waals surface area contributed by atoms with Crippen molar-refractivity contribution in [1.82, 2.24) is 4.31 Å². The number of Topliss-reactive ketones (excluding diaryl/α,β-unsaturated/α-hetero) is 2. The molecule has 0 saturated heterocycles. The molecule has 6 nitrogen and oxygen atoms in total. The van der Waals surface area contributed by atoms with Crippen molar-refractivity contribution in [2.75, 3.05) is 6.54 Å². The summed E-state index contributed by atoms with van der Waals surface area (Å²) < 4.78 is 27.4. The third-order valence-corrected chi connectivity index (χ3v) is 6.62. The van der Waals surface area contributed by atoms with Crippen LogP contribution in [-0.4, -0.2) is 35.9 Å². The molecule has 0 fully saturated rings. The average molecular weight is 419 g/mol. The van der Waals surface area contributed by atoms with E-state index in [1.165, 1.54) is 18.2 Å². The number of carbonyl (C=O) groups is 2. The van der Waals surface area contributed by atoms with Crippen molar-refractivity contribution in [3.63, 3.8) is 0 Å². The Labute approximate surface area is 173 Å². The summed E-state index contributed by atoms with van der Waals surface area (Å²) in [5.41, 5.74) is 0.0905. The molecule has 3 aromatic rings. The minimum Gasteiger partial charge on any atom is -0.505 e. The van der Waals surface area contributed by atoms with Crippen LogP contribution in [0, 0.1) is 0 Å². The Morgan fingerprint density at radius 3 is 1.97 bits per heavy atom. The molecule has 1 N–H and O–H groups in total. The number of sulfonamides is 1. The number of allylic oxidation sites excluding steroid dienone is 1. The number of fused-ring (bicyclic) bond motifs is 1. The van der Waals surface area contributed by atoms with Gasteiger partial charge in [-0.15, -0.1) is 0 Å². The number of benzene rings is 3. The van der Waals surface area contributed by atoms with Crippen LogP contribution in [0.1, 0.15) is 26.3 Å². The maximum absolute atomic E-state index is 13.3. The lowest BCUT2D eigenvalue weighted by Gasteiger charge is -2.31. The number of aliphatic hydroxyl groups excluding tert-OH is 1. The van der Waals surface area contributed by atoms with Gasteiger partial charge in [-0.1, -0.05) is 72.8 Å². The average Bonchev–Trinajstić information content (AvgIpc) is 2.78. The topological polar surface area (TPSA) is 91.8 Å². The Kier molecular flexibility index (Phi) is 4.97. The third-order valence-electron chi connectivity index (χ3n) is 4.82. The molecule has 30 heavy (non-hydrogen) atoms. The summed E-state index contributed by atoms with van der Waals surface area (Å²) in [6.45, 7) is -0.612. The molecule has 0 spiro atoms. The van der Waals surface area contributed by atoms with Crippen LogP contribution < -0.4 is 0 Å². The van der Waals surface area contributed by atoms with Crippen LogP contribution >= 0.6 is 0 Å². The van der Waals surface area contributed by atoms with Gasteiger partial charge in [0.2, 0.25) is 5.78 Å². The largest absolute Gasteiger partial charge is 0.505 e. The highest BCUT2D eigenvalue weighted by molar-refractivity contribution is 7.89. The van der Waals surface area contributed by atoms with Crippen LogP contribution in [0.2, 0.25) is 0 Å². The zero-order valence-electron chi connectivity index (χ0n) is 15.7. The highest BCUT2D eigenvalue weighted by Crippen LogP contribution is 2.35. The Balaban J connectivity index is 1.91. The van der Waals surface area contributed by atoms with Crippen LogP contribution in [-0.2, 0) is 10.0 Å². The molecule has 1 aliphatic heterocycles. The molecule has 0 aliphatic carbocycles. The fourth-order valence-corrected chi connectivity index (χ4v) is 4.95. The first-order chi connectivity index (χ1) is 14.4. The molecule has 7 heteroatoms. The number of ketones is 2. The third kappa shape index (κ3) is 3.29. The summed E-state index contributed by atoms with van der Waals surface area (Å²) in [5, 5.41) is 10.9. The molecule has 0 amide bonds. The van der Waals surface area contributed by atoms with Gasteiger partial charge in [0.15, 0.2) is 11.5 Å². The number of hydrogen-bond acceptors (Lipinski definition) is 5. The van der Waals surface area contributed by atoms with Crippen molar-refractivity contribution in [2.24, 2.45) is 0 Å². The molecule has 4 rings (SSSR count). The van der Waals surface area contributed by atoms with Crippen molar-refractivity contribution < 1.29 is 23.1 Å². The molecule has 0 saturated carbocycles.